The smallest absolute Gasteiger partial charge is 0.243 e. The summed E-state index contributed by atoms with van der Waals surface area (Å²) in [4.78, 5) is 24.0. The maximum Gasteiger partial charge on any atom is 0.243 e. The van der Waals surface area contributed by atoms with E-state index in [0.717, 1.165) is 36.1 Å². The van der Waals surface area contributed by atoms with E-state index in [1.165, 1.54) is 5.56 Å². The van der Waals surface area contributed by atoms with E-state index in [2.05, 4.69) is 10.6 Å². The van der Waals surface area contributed by atoms with Crippen LogP contribution < -0.4 is 16.4 Å². The molecule has 2 atom stereocenters. The van der Waals surface area contributed by atoms with Crippen LogP contribution in [0.4, 0.5) is 5.69 Å². The fraction of sp³-hybridized carbons (Fsp3) is 0.556. The topological polar surface area (TPSA) is 84.2 Å². The fourth-order valence-corrected chi connectivity index (χ4v) is 3.37. The highest BCUT2D eigenvalue weighted by atomic mass is 35.5. The lowest BCUT2D eigenvalue weighted by molar-refractivity contribution is -0.124. The lowest BCUT2D eigenvalue weighted by atomic mass is 10.00. The van der Waals surface area contributed by atoms with E-state index in [0.29, 0.717) is 6.42 Å². The maximum absolute atomic E-state index is 12.1. The minimum atomic E-state index is -0.205. The quantitative estimate of drug-likeness (QED) is 0.760. The Hall–Kier alpha value is -1.59. The van der Waals surface area contributed by atoms with E-state index in [1.807, 2.05) is 32.9 Å². The Morgan fingerprint density at radius 2 is 1.75 bits per heavy atom. The summed E-state index contributed by atoms with van der Waals surface area (Å²) < 4.78 is 0. The van der Waals surface area contributed by atoms with Crippen LogP contribution >= 0.6 is 12.4 Å². The Balaban J connectivity index is 0.00000288. The van der Waals surface area contributed by atoms with Gasteiger partial charge in [-0.15, -0.1) is 12.4 Å². The summed E-state index contributed by atoms with van der Waals surface area (Å²) in [5.74, 6) is -0.0522. The van der Waals surface area contributed by atoms with Crippen molar-refractivity contribution in [3.8, 4) is 0 Å². The van der Waals surface area contributed by atoms with Crippen molar-refractivity contribution in [1.29, 1.82) is 0 Å². The summed E-state index contributed by atoms with van der Waals surface area (Å²) in [5.41, 5.74) is 10.0. The molecule has 1 saturated carbocycles. The number of carbonyl (C=O) groups excluding carboxylic acids is 2. The molecule has 5 nitrogen and oxygen atoms in total. The molecule has 0 saturated heterocycles. The average molecular weight is 354 g/mol. The highest BCUT2D eigenvalue weighted by Gasteiger charge is 2.26. The van der Waals surface area contributed by atoms with E-state index in [4.69, 9.17) is 5.73 Å². The van der Waals surface area contributed by atoms with Crippen molar-refractivity contribution in [3.63, 3.8) is 0 Å². The van der Waals surface area contributed by atoms with Gasteiger partial charge in [-0.2, -0.15) is 0 Å². The number of amides is 2. The molecule has 0 aromatic heterocycles. The second-order valence-electron chi connectivity index (χ2n) is 6.66. The van der Waals surface area contributed by atoms with E-state index < -0.39 is 0 Å². The number of rotatable bonds is 5. The summed E-state index contributed by atoms with van der Waals surface area (Å²) in [6.07, 6.45) is 3.50. The zero-order valence-corrected chi connectivity index (χ0v) is 15.5. The normalized spacial score (nSPS) is 19.5. The number of anilines is 1. The van der Waals surface area contributed by atoms with Crippen molar-refractivity contribution in [2.24, 2.45) is 11.7 Å². The zero-order chi connectivity index (χ0) is 17.0. The van der Waals surface area contributed by atoms with Crippen LogP contribution in [-0.2, 0) is 9.59 Å². The summed E-state index contributed by atoms with van der Waals surface area (Å²) in [6.45, 7) is 5.96. The number of aryl methyl sites for hydroxylation is 3. The van der Waals surface area contributed by atoms with Gasteiger partial charge in [-0.05, 0) is 50.7 Å². The maximum atomic E-state index is 12.1. The lowest BCUT2D eigenvalue weighted by Gasteiger charge is -2.15. The van der Waals surface area contributed by atoms with Gasteiger partial charge in [0, 0.05) is 18.2 Å². The molecule has 0 radical (unpaired) electrons. The van der Waals surface area contributed by atoms with Crippen LogP contribution in [0.2, 0.25) is 0 Å². The van der Waals surface area contributed by atoms with E-state index in [1.54, 1.807) is 0 Å². The van der Waals surface area contributed by atoms with Crippen molar-refractivity contribution in [3.05, 3.63) is 28.8 Å². The van der Waals surface area contributed by atoms with Crippen molar-refractivity contribution < 1.29 is 9.59 Å². The minimum absolute atomic E-state index is 0. The first-order valence-electron chi connectivity index (χ1n) is 8.27. The van der Waals surface area contributed by atoms with Crippen LogP contribution in [0.5, 0.6) is 0 Å². The molecule has 24 heavy (non-hydrogen) atoms. The van der Waals surface area contributed by atoms with Crippen LogP contribution in [0.1, 0.15) is 42.4 Å². The SMILES string of the molecule is Cc1cc(C)c(NC(=O)CNC(=O)C[C@@H]2CCC[C@H]2N)c(C)c1.Cl. The molecule has 2 rings (SSSR count). The molecule has 0 unspecified atom stereocenters. The molecule has 134 valence electrons. The van der Waals surface area contributed by atoms with Gasteiger partial charge in [0.05, 0.1) is 6.54 Å². The highest BCUT2D eigenvalue weighted by molar-refractivity contribution is 5.95. The molecule has 1 fully saturated rings. The minimum Gasteiger partial charge on any atom is -0.347 e. The second kappa shape index (κ2) is 9.04. The van der Waals surface area contributed by atoms with E-state index in [-0.39, 0.29) is 42.7 Å². The van der Waals surface area contributed by atoms with Gasteiger partial charge in [0.15, 0.2) is 0 Å². The molecule has 0 spiro atoms. The van der Waals surface area contributed by atoms with Crippen LogP contribution in [0.15, 0.2) is 12.1 Å². The van der Waals surface area contributed by atoms with Crippen LogP contribution in [-0.4, -0.2) is 24.4 Å². The number of halogens is 1. The van der Waals surface area contributed by atoms with Gasteiger partial charge < -0.3 is 16.4 Å². The number of nitrogens with one attached hydrogen (secondary N) is 2. The van der Waals surface area contributed by atoms with Gasteiger partial charge in [0.2, 0.25) is 11.8 Å². The van der Waals surface area contributed by atoms with Gasteiger partial charge >= 0.3 is 0 Å². The third-order valence-corrected chi connectivity index (χ3v) is 4.55. The third kappa shape index (κ3) is 5.49. The zero-order valence-electron chi connectivity index (χ0n) is 14.6. The molecule has 1 aromatic rings. The predicted molar refractivity (Wildman–Crippen MR) is 99.5 cm³/mol. The van der Waals surface area contributed by atoms with Crippen molar-refractivity contribution in [1.82, 2.24) is 5.32 Å². The van der Waals surface area contributed by atoms with E-state index in [9.17, 15) is 9.59 Å². The number of hydrogen-bond donors (Lipinski definition) is 3. The lowest BCUT2D eigenvalue weighted by Crippen LogP contribution is -2.36. The van der Waals surface area contributed by atoms with Crippen LogP contribution in [0, 0.1) is 26.7 Å². The van der Waals surface area contributed by atoms with Gasteiger partial charge in [-0.1, -0.05) is 24.1 Å². The molecule has 0 heterocycles. The highest BCUT2D eigenvalue weighted by Crippen LogP contribution is 2.26. The van der Waals surface area contributed by atoms with Crippen molar-refractivity contribution >= 4 is 29.9 Å². The molecular formula is C18H28ClN3O2. The Kier molecular flexibility index (Phi) is 7.70. The first-order chi connectivity index (χ1) is 10.9. The number of hydrogen-bond acceptors (Lipinski definition) is 3. The Morgan fingerprint density at radius 1 is 1.12 bits per heavy atom. The molecule has 6 heteroatoms. The molecule has 0 aliphatic heterocycles. The molecule has 4 N–H and O–H groups in total. The largest absolute Gasteiger partial charge is 0.347 e. The molecule has 2 amide bonds. The standard InChI is InChI=1S/C18H27N3O2.ClH/c1-11-7-12(2)18(13(3)8-11)21-17(23)10-20-16(22)9-14-5-4-6-15(14)19;/h7-8,14-15H,4-6,9-10,19H2,1-3H3,(H,20,22)(H,21,23);1H/t14-,15+;/m0./s1. The second-order valence-corrected chi connectivity index (χ2v) is 6.66. The summed E-state index contributed by atoms with van der Waals surface area (Å²) in [5, 5.41) is 5.58. The average Bonchev–Trinajstić information content (AvgIpc) is 2.86. The van der Waals surface area contributed by atoms with E-state index >= 15 is 0 Å². The summed E-state index contributed by atoms with van der Waals surface area (Å²) in [7, 11) is 0. The first kappa shape index (κ1) is 20.5. The fourth-order valence-electron chi connectivity index (χ4n) is 3.37. The molecule has 1 aliphatic rings. The predicted octanol–water partition coefficient (Wildman–Crippen LogP) is 2.61. The van der Waals surface area contributed by atoms with Gasteiger partial charge in [0.1, 0.15) is 0 Å². The van der Waals surface area contributed by atoms with Crippen molar-refractivity contribution in [2.45, 2.75) is 52.5 Å². The molecule has 0 bridgehead atoms. The number of nitrogens with two attached hydrogens (primary N) is 1. The Labute approximate surface area is 150 Å². The molecule has 1 aromatic carbocycles. The first-order valence-corrected chi connectivity index (χ1v) is 8.27. The molecular weight excluding hydrogens is 326 g/mol. The summed E-state index contributed by atoms with van der Waals surface area (Å²) in [6, 6.07) is 4.18. The van der Waals surface area contributed by atoms with Gasteiger partial charge in [0.25, 0.3) is 0 Å². The molecule has 1 aliphatic carbocycles. The Morgan fingerprint density at radius 3 is 2.29 bits per heavy atom. The summed E-state index contributed by atoms with van der Waals surface area (Å²) >= 11 is 0. The van der Waals surface area contributed by atoms with Gasteiger partial charge in [-0.25, -0.2) is 0 Å². The van der Waals surface area contributed by atoms with Crippen LogP contribution in [0.25, 0.3) is 0 Å². The number of benzene rings is 1. The van der Waals surface area contributed by atoms with Gasteiger partial charge in [-0.3, -0.25) is 9.59 Å². The van der Waals surface area contributed by atoms with Crippen molar-refractivity contribution in [2.75, 3.05) is 11.9 Å². The Bertz CT molecular complexity index is 581. The van der Waals surface area contributed by atoms with Crippen LogP contribution in [0.3, 0.4) is 0 Å². The monoisotopic (exact) mass is 353 g/mol. The third-order valence-electron chi connectivity index (χ3n) is 4.55. The number of carbonyl (C=O) groups is 2.